The van der Waals surface area contributed by atoms with Gasteiger partial charge in [0, 0.05) is 40.4 Å². The summed E-state index contributed by atoms with van der Waals surface area (Å²) in [5, 5.41) is 10.5. The van der Waals surface area contributed by atoms with Crippen LogP contribution in [-0.2, 0) is 4.79 Å². The second-order valence-electron chi connectivity index (χ2n) is 10.0. The van der Waals surface area contributed by atoms with Crippen molar-refractivity contribution >= 4 is 33.7 Å². The molecule has 0 saturated heterocycles. The molecule has 0 aliphatic heterocycles. The van der Waals surface area contributed by atoms with Crippen molar-refractivity contribution in [3.05, 3.63) is 78.8 Å². The van der Waals surface area contributed by atoms with Crippen molar-refractivity contribution in [3.63, 3.8) is 0 Å². The van der Waals surface area contributed by atoms with E-state index in [1.807, 2.05) is 0 Å². The molecule has 8 nitrogen and oxygen atoms in total. The molecule has 198 valence electrons. The number of carbonyl (C=O) groups is 1. The maximum Gasteiger partial charge on any atom is 0.227 e. The number of fused-ring (bicyclic) bond motifs is 2. The van der Waals surface area contributed by atoms with Crippen LogP contribution in [-0.4, -0.2) is 36.0 Å². The number of rotatable bonds is 5. The number of aromatic nitrogens is 6. The highest BCUT2D eigenvalue weighted by atomic mass is 19.1. The first-order chi connectivity index (χ1) is 19.5. The van der Waals surface area contributed by atoms with Crippen LogP contribution in [0.15, 0.2) is 67.1 Å². The number of anilines is 1. The molecule has 7 rings (SSSR count). The lowest BCUT2D eigenvalue weighted by Crippen LogP contribution is -2.20. The summed E-state index contributed by atoms with van der Waals surface area (Å²) >= 11 is 0. The average Bonchev–Trinajstić information content (AvgIpc) is 3.73. The Morgan fingerprint density at radius 2 is 1.80 bits per heavy atom. The van der Waals surface area contributed by atoms with E-state index in [0.29, 0.717) is 56.0 Å². The zero-order chi connectivity index (χ0) is 27.2. The van der Waals surface area contributed by atoms with Crippen molar-refractivity contribution in [2.24, 2.45) is 5.92 Å². The number of pyridine rings is 2. The molecule has 1 aliphatic carbocycles. The van der Waals surface area contributed by atoms with Gasteiger partial charge in [0.15, 0.2) is 17.3 Å². The third-order valence-electron chi connectivity index (χ3n) is 7.47. The average molecular weight is 536 g/mol. The molecular weight excluding hydrogens is 512 g/mol. The third-order valence-corrected chi connectivity index (χ3v) is 7.47. The van der Waals surface area contributed by atoms with E-state index in [1.54, 1.807) is 55.0 Å². The Morgan fingerprint density at radius 3 is 2.65 bits per heavy atom. The van der Waals surface area contributed by atoms with E-state index < -0.39 is 5.82 Å². The molecule has 1 fully saturated rings. The molecule has 2 aromatic carbocycles. The van der Waals surface area contributed by atoms with Crippen molar-refractivity contribution in [1.82, 2.24) is 30.1 Å². The fraction of sp³-hybridized carbons (Fsp3) is 0.167. The van der Waals surface area contributed by atoms with E-state index in [1.165, 1.54) is 12.1 Å². The Kier molecular flexibility index (Phi) is 5.80. The van der Waals surface area contributed by atoms with Crippen molar-refractivity contribution < 1.29 is 13.6 Å². The fourth-order valence-corrected chi connectivity index (χ4v) is 5.45. The first kappa shape index (κ1) is 24.1. The molecule has 0 radical (unpaired) electrons. The second kappa shape index (κ2) is 9.64. The number of H-pyrrole nitrogens is 2. The van der Waals surface area contributed by atoms with Gasteiger partial charge in [0.25, 0.3) is 0 Å². The van der Waals surface area contributed by atoms with Crippen molar-refractivity contribution in [2.45, 2.75) is 25.7 Å². The molecule has 0 bridgehead atoms. The Bertz CT molecular complexity index is 1910. The normalized spacial score (nSPS) is 13.8. The van der Waals surface area contributed by atoms with E-state index in [0.717, 1.165) is 25.7 Å². The van der Waals surface area contributed by atoms with Gasteiger partial charge in [-0.2, -0.15) is 5.10 Å². The topological polar surface area (TPSA) is 112 Å². The van der Waals surface area contributed by atoms with Crippen LogP contribution in [0.4, 0.5) is 14.5 Å². The number of hydrogen-bond acceptors (Lipinski definition) is 5. The summed E-state index contributed by atoms with van der Waals surface area (Å²) in [5.74, 6) is -0.482. The van der Waals surface area contributed by atoms with Crippen LogP contribution < -0.4 is 5.32 Å². The molecule has 10 heteroatoms. The molecule has 40 heavy (non-hydrogen) atoms. The minimum absolute atomic E-state index is 0.0107. The van der Waals surface area contributed by atoms with Gasteiger partial charge in [-0.1, -0.05) is 31.0 Å². The quantitative estimate of drug-likeness (QED) is 0.229. The highest BCUT2D eigenvalue weighted by Gasteiger charge is 2.23. The summed E-state index contributed by atoms with van der Waals surface area (Å²) in [7, 11) is 0. The van der Waals surface area contributed by atoms with Gasteiger partial charge in [0.1, 0.15) is 17.0 Å². The van der Waals surface area contributed by atoms with Crippen LogP contribution >= 0.6 is 0 Å². The highest BCUT2D eigenvalue weighted by Crippen LogP contribution is 2.35. The number of imidazole rings is 1. The molecule has 0 spiro atoms. The summed E-state index contributed by atoms with van der Waals surface area (Å²) in [4.78, 5) is 29.1. The Balaban J connectivity index is 1.28. The predicted molar refractivity (Wildman–Crippen MR) is 148 cm³/mol. The van der Waals surface area contributed by atoms with Crippen LogP contribution in [0.5, 0.6) is 0 Å². The maximum atomic E-state index is 15.3. The van der Waals surface area contributed by atoms with Crippen molar-refractivity contribution in [3.8, 4) is 33.8 Å². The Labute approximate surface area is 226 Å². The SMILES string of the molecule is O=C(Nc1cncc(-c2cc(F)c3n[nH]c(-c4nc5nccc(-c6ccccc6F)c5[nH]4)c3c2)c1)C1CCCC1. The lowest BCUT2D eigenvalue weighted by molar-refractivity contribution is -0.119. The van der Waals surface area contributed by atoms with Gasteiger partial charge < -0.3 is 10.3 Å². The summed E-state index contributed by atoms with van der Waals surface area (Å²) in [6.07, 6.45) is 8.69. The minimum Gasteiger partial charge on any atom is -0.335 e. The van der Waals surface area contributed by atoms with Gasteiger partial charge in [0.2, 0.25) is 5.91 Å². The number of aromatic amines is 2. The third kappa shape index (κ3) is 4.17. The molecule has 6 aromatic rings. The molecule has 4 heterocycles. The Hall–Kier alpha value is -4.99. The predicted octanol–water partition coefficient (Wildman–Crippen LogP) is 6.64. The lowest BCUT2D eigenvalue weighted by Gasteiger charge is -2.11. The van der Waals surface area contributed by atoms with Crippen LogP contribution in [0.3, 0.4) is 0 Å². The summed E-state index contributed by atoms with van der Waals surface area (Å²) in [6.45, 7) is 0. The first-order valence-corrected chi connectivity index (χ1v) is 13.1. The van der Waals surface area contributed by atoms with E-state index in [4.69, 9.17) is 0 Å². The Morgan fingerprint density at radius 1 is 0.950 bits per heavy atom. The number of nitrogens with zero attached hydrogens (tertiary/aromatic N) is 4. The smallest absolute Gasteiger partial charge is 0.227 e. The van der Waals surface area contributed by atoms with E-state index in [-0.39, 0.29) is 23.2 Å². The van der Waals surface area contributed by atoms with Gasteiger partial charge in [-0.3, -0.25) is 14.9 Å². The molecule has 1 aliphatic rings. The first-order valence-electron chi connectivity index (χ1n) is 13.1. The largest absolute Gasteiger partial charge is 0.335 e. The summed E-state index contributed by atoms with van der Waals surface area (Å²) < 4.78 is 29.8. The van der Waals surface area contributed by atoms with Crippen molar-refractivity contribution in [1.29, 1.82) is 0 Å². The van der Waals surface area contributed by atoms with Crippen LogP contribution in [0.2, 0.25) is 0 Å². The van der Waals surface area contributed by atoms with Gasteiger partial charge in [-0.05, 0) is 48.7 Å². The zero-order valence-corrected chi connectivity index (χ0v) is 21.2. The molecule has 0 atom stereocenters. The number of benzene rings is 2. The molecule has 1 saturated carbocycles. The number of carbonyl (C=O) groups excluding carboxylic acids is 1. The highest BCUT2D eigenvalue weighted by molar-refractivity contribution is 5.98. The molecule has 4 aromatic heterocycles. The maximum absolute atomic E-state index is 15.3. The molecule has 3 N–H and O–H groups in total. The molecular formula is C30H23F2N7O. The second-order valence-corrected chi connectivity index (χ2v) is 10.0. The van der Waals surface area contributed by atoms with Crippen molar-refractivity contribution in [2.75, 3.05) is 5.32 Å². The van der Waals surface area contributed by atoms with E-state index >= 15 is 4.39 Å². The van der Waals surface area contributed by atoms with Crippen LogP contribution in [0, 0.1) is 17.6 Å². The summed E-state index contributed by atoms with van der Waals surface area (Å²) in [5.41, 5.74) is 4.37. The van der Waals surface area contributed by atoms with Gasteiger partial charge in [-0.25, -0.2) is 18.7 Å². The minimum atomic E-state index is -0.517. The molecule has 0 unspecified atom stereocenters. The van der Waals surface area contributed by atoms with Gasteiger partial charge >= 0.3 is 0 Å². The standard InChI is InChI=1S/C30H23F2N7O/c31-23-8-4-3-7-20(23)21-9-10-34-28-26(21)36-29(37-28)27-22-12-17(13-24(32)25(22)38-39-27)18-11-19(15-33-14-18)35-30(40)16-5-1-2-6-16/h3-4,7-16H,1-2,5-6H2,(H,35,40)(H,38,39)(H,34,36,37). The zero-order valence-electron chi connectivity index (χ0n) is 21.2. The lowest BCUT2D eigenvalue weighted by atomic mass is 10.0. The number of halogens is 2. The number of hydrogen-bond donors (Lipinski definition) is 3. The van der Waals surface area contributed by atoms with Gasteiger partial charge in [-0.15, -0.1) is 0 Å². The van der Waals surface area contributed by atoms with Gasteiger partial charge in [0.05, 0.1) is 17.4 Å². The van der Waals surface area contributed by atoms with Crippen LogP contribution in [0.25, 0.3) is 55.8 Å². The number of amides is 1. The fourth-order valence-electron chi connectivity index (χ4n) is 5.45. The van der Waals surface area contributed by atoms with E-state index in [9.17, 15) is 9.18 Å². The monoisotopic (exact) mass is 535 g/mol. The van der Waals surface area contributed by atoms with Crippen LogP contribution in [0.1, 0.15) is 25.7 Å². The number of nitrogens with one attached hydrogen (secondary N) is 3. The molecule has 1 amide bonds. The summed E-state index contributed by atoms with van der Waals surface area (Å²) in [6, 6.07) is 13.2. The van der Waals surface area contributed by atoms with E-state index in [2.05, 4.69) is 35.5 Å².